The summed E-state index contributed by atoms with van der Waals surface area (Å²) < 4.78 is 0. The van der Waals surface area contributed by atoms with E-state index < -0.39 is 11.9 Å². The number of carbonyl (C=O) groups is 2. The highest BCUT2D eigenvalue weighted by Gasteiger charge is 2.50. The summed E-state index contributed by atoms with van der Waals surface area (Å²) in [5.41, 5.74) is 3.63. The fourth-order valence-electron chi connectivity index (χ4n) is 6.87. The van der Waals surface area contributed by atoms with Gasteiger partial charge in [0.05, 0.1) is 12.3 Å². The number of carboxylic acid groups (broad SMARTS) is 1. The van der Waals surface area contributed by atoms with E-state index in [9.17, 15) is 14.7 Å². The van der Waals surface area contributed by atoms with Gasteiger partial charge < -0.3 is 10.4 Å². The van der Waals surface area contributed by atoms with E-state index in [1.807, 2.05) is 13.8 Å². The van der Waals surface area contributed by atoms with Gasteiger partial charge in [-0.3, -0.25) is 9.59 Å². The van der Waals surface area contributed by atoms with Crippen LogP contribution < -0.4 is 5.32 Å². The zero-order valence-corrected chi connectivity index (χ0v) is 17.2. The van der Waals surface area contributed by atoms with Crippen LogP contribution in [0.15, 0.2) is 18.2 Å². The average molecular weight is 384 g/mol. The molecule has 5 rings (SSSR count). The summed E-state index contributed by atoms with van der Waals surface area (Å²) in [6.45, 7) is 4.81. The first-order valence-electron chi connectivity index (χ1n) is 10.9. The van der Waals surface area contributed by atoms with Crippen LogP contribution in [0.25, 0.3) is 0 Å². The van der Waals surface area contributed by atoms with Crippen LogP contribution in [0.4, 0.5) is 0 Å². The maximum Gasteiger partial charge on any atom is 0.304 e. The maximum absolute atomic E-state index is 13.0. The molecule has 0 unspecified atom stereocenters. The molecule has 2 N–H and O–H groups in total. The fourth-order valence-corrected chi connectivity index (χ4v) is 6.87. The Hall–Kier alpha value is -1.84. The molecule has 1 atom stereocenters. The van der Waals surface area contributed by atoms with Crippen molar-refractivity contribution in [2.75, 3.05) is 6.54 Å². The molecule has 152 valence electrons. The highest BCUT2D eigenvalue weighted by atomic mass is 16.4. The van der Waals surface area contributed by atoms with Gasteiger partial charge in [-0.05, 0) is 87.5 Å². The van der Waals surface area contributed by atoms with Gasteiger partial charge in [-0.1, -0.05) is 29.3 Å². The maximum atomic E-state index is 13.0. The lowest BCUT2D eigenvalue weighted by atomic mass is 9.49. The molecule has 28 heavy (non-hydrogen) atoms. The Morgan fingerprint density at radius 3 is 2.07 bits per heavy atom. The zero-order chi connectivity index (χ0) is 19.9. The van der Waals surface area contributed by atoms with Gasteiger partial charge in [0.1, 0.15) is 0 Å². The number of amides is 1. The summed E-state index contributed by atoms with van der Waals surface area (Å²) in [6, 6.07) is 6.23. The highest BCUT2D eigenvalue weighted by Crippen LogP contribution is 2.59. The minimum Gasteiger partial charge on any atom is -0.481 e. The summed E-state index contributed by atoms with van der Waals surface area (Å²) >= 11 is 0. The van der Waals surface area contributed by atoms with E-state index in [4.69, 9.17) is 0 Å². The summed E-state index contributed by atoms with van der Waals surface area (Å²) in [4.78, 5) is 24.4. The third-order valence-corrected chi connectivity index (χ3v) is 7.36. The van der Waals surface area contributed by atoms with Crippen LogP contribution in [0.2, 0.25) is 0 Å². The van der Waals surface area contributed by atoms with E-state index in [1.54, 1.807) is 0 Å². The van der Waals surface area contributed by atoms with Gasteiger partial charge in [-0.2, -0.15) is 0 Å². The number of aryl methyl sites for hydroxylation is 2. The lowest BCUT2D eigenvalue weighted by molar-refractivity contribution is -0.141. The quantitative estimate of drug-likeness (QED) is 0.739. The lowest BCUT2D eigenvalue weighted by Crippen LogP contribution is -2.51. The Bertz CT molecular complexity index is 714. The first-order chi connectivity index (χ1) is 13.3. The smallest absolute Gasteiger partial charge is 0.304 e. The number of carboxylic acids is 1. The van der Waals surface area contributed by atoms with Crippen molar-refractivity contribution in [3.63, 3.8) is 0 Å². The van der Waals surface area contributed by atoms with E-state index in [2.05, 4.69) is 23.5 Å². The van der Waals surface area contributed by atoms with Crippen LogP contribution >= 0.6 is 0 Å². The van der Waals surface area contributed by atoms with Crippen molar-refractivity contribution in [2.24, 2.45) is 29.1 Å². The average Bonchev–Trinajstić information content (AvgIpc) is 2.56. The highest BCUT2D eigenvalue weighted by molar-refractivity contribution is 5.83. The molecular weight excluding hydrogens is 350 g/mol. The SMILES string of the molecule is Cc1cc(C)cc(C[C@H](CC(=O)O)C(=O)NCC23CC4CC(CC(C4)C2)C3)c1. The molecule has 4 saturated carbocycles. The number of nitrogens with one attached hydrogen (secondary N) is 1. The molecule has 4 aliphatic carbocycles. The van der Waals surface area contributed by atoms with Crippen LogP contribution in [0, 0.1) is 42.9 Å². The van der Waals surface area contributed by atoms with Crippen molar-refractivity contribution < 1.29 is 14.7 Å². The minimum atomic E-state index is -0.903. The van der Waals surface area contributed by atoms with E-state index in [-0.39, 0.29) is 17.7 Å². The molecule has 0 aromatic heterocycles. The Morgan fingerprint density at radius 1 is 1.04 bits per heavy atom. The van der Waals surface area contributed by atoms with Crippen molar-refractivity contribution in [1.82, 2.24) is 5.32 Å². The molecule has 4 aliphatic rings. The number of aliphatic carboxylic acids is 1. The molecule has 4 bridgehead atoms. The van der Waals surface area contributed by atoms with E-state index in [0.717, 1.165) is 41.0 Å². The van der Waals surface area contributed by atoms with Crippen molar-refractivity contribution >= 4 is 11.9 Å². The van der Waals surface area contributed by atoms with Gasteiger partial charge in [-0.25, -0.2) is 0 Å². The zero-order valence-electron chi connectivity index (χ0n) is 17.2. The second kappa shape index (κ2) is 7.53. The number of hydrogen-bond donors (Lipinski definition) is 2. The van der Waals surface area contributed by atoms with Gasteiger partial charge in [0.15, 0.2) is 0 Å². The van der Waals surface area contributed by atoms with Crippen LogP contribution in [0.1, 0.15) is 61.6 Å². The van der Waals surface area contributed by atoms with Gasteiger partial charge >= 0.3 is 5.97 Å². The Morgan fingerprint density at radius 2 is 1.57 bits per heavy atom. The summed E-state index contributed by atoms with van der Waals surface area (Å²) in [5, 5.41) is 12.5. The van der Waals surface area contributed by atoms with Gasteiger partial charge in [-0.15, -0.1) is 0 Å². The predicted molar refractivity (Wildman–Crippen MR) is 109 cm³/mol. The molecule has 1 aromatic carbocycles. The predicted octanol–water partition coefficient (Wildman–Crippen LogP) is 4.27. The normalized spacial score (nSPS) is 31.6. The second-order valence-electron chi connectivity index (χ2n) is 10.1. The molecule has 0 aliphatic heterocycles. The minimum absolute atomic E-state index is 0.0858. The van der Waals surface area contributed by atoms with Crippen LogP contribution in [0.3, 0.4) is 0 Å². The number of rotatable bonds is 7. The summed E-state index contributed by atoms with van der Waals surface area (Å²) in [5.74, 6) is 1.07. The van der Waals surface area contributed by atoms with Gasteiger partial charge in [0.25, 0.3) is 0 Å². The molecular formula is C24H33NO3. The molecule has 4 nitrogen and oxygen atoms in total. The number of carbonyl (C=O) groups excluding carboxylic acids is 1. The molecule has 4 fully saturated rings. The fraction of sp³-hybridized carbons (Fsp3) is 0.667. The Kier molecular flexibility index (Phi) is 5.24. The topological polar surface area (TPSA) is 66.4 Å². The van der Waals surface area contributed by atoms with Crippen LogP contribution in [-0.2, 0) is 16.0 Å². The molecule has 0 heterocycles. The first kappa shape index (κ1) is 19.5. The molecule has 0 saturated heterocycles. The third kappa shape index (κ3) is 4.26. The standard InChI is InChI=1S/C24H33NO3/c1-15-3-16(2)5-17(4-15)9-21(10-22(26)27)23(28)25-14-24-11-18-6-19(12-24)8-20(7-18)13-24/h3-5,18-21H,6-14H2,1-2H3,(H,25,28)(H,26,27)/t18?,19?,20?,21-,24?/m1/s1. The molecule has 0 spiro atoms. The van der Waals surface area contributed by atoms with Crippen molar-refractivity contribution in [1.29, 1.82) is 0 Å². The van der Waals surface area contributed by atoms with Crippen LogP contribution in [0.5, 0.6) is 0 Å². The lowest BCUT2D eigenvalue weighted by Gasteiger charge is -2.57. The van der Waals surface area contributed by atoms with Crippen molar-refractivity contribution in [2.45, 2.75) is 65.2 Å². The summed E-state index contributed by atoms with van der Waals surface area (Å²) in [6.07, 6.45) is 8.30. The van der Waals surface area contributed by atoms with Crippen molar-refractivity contribution in [3.8, 4) is 0 Å². The third-order valence-electron chi connectivity index (χ3n) is 7.36. The van der Waals surface area contributed by atoms with E-state index in [0.29, 0.717) is 6.42 Å². The summed E-state index contributed by atoms with van der Waals surface area (Å²) in [7, 11) is 0. The second-order valence-corrected chi connectivity index (χ2v) is 10.1. The molecule has 1 aromatic rings. The van der Waals surface area contributed by atoms with E-state index >= 15 is 0 Å². The number of hydrogen-bond acceptors (Lipinski definition) is 2. The largest absolute Gasteiger partial charge is 0.481 e. The van der Waals surface area contributed by atoms with Crippen LogP contribution in [-0.4, -0.2) is 23.5 Å². The monoisotopic (exact) mass is 383 g/mol. The molecule has 0 radical (unpaired) electrons. The van der Waals surface area contributed by atoms with E-state index in [1.165, 1.54) is 38.5 Å². The molecule has 1 amide bonds. The van der Waals surface area contributed by atoms with Crippen molar-refractivity contribution in [3.05, 3.63) is 34.9 Å². The Balaban J connectivity index is 1.42. The Labute approximate surface area is 168 Å². The number of benzene rings is 1. The first-order valence-corrected chi connectivity index (χ1v) is 10.9. The van der Waals surface area contributed by atoms with Gasteiger partial charge in [0, 0.05) is 6.54 Å². The van der Waals surface area contributed by atoms with Gasteiger partial charge in [0.2, 0.25) is 5.91 Å². The molecule has 4 heteroatoms.